The average molecular weight is 284 g/mol. The summed E-state index contributed by atoms with van der Waals surface area (Å²) in [6, 6.07) is 14.8. The van der Waals surface area contributed by atoms with E-state index in [9.17, 15) is 4.79 Å². The van der Waals surface area contributed by atoms with Crippen LogP contribution in [0, 0.1) is 0 Å². The molecule has 0 aromatic heterocycles. The minimum Gasteiger partial charge on any atom is -0.497 e. The molecular formula is C17H20N2O2. The molecule has 0 fully saturated rings. The van der Waals surface area contributed by atoms with Crippen molar-refractivity contribution in [1.82, 2.24) is 0 Å². The van der Waals surface area contributed by atoms with Crippen molar-refractivity contribution in [3.05, 3.63) is 54.1 Å². The maximum atomic E-state index is 12.4. The summed E-state index contributed by atoms with van der Waals surface area (Å²) in [7, 11) is 1.61. The summed E-state index contributed by atoms with van der Waals surface area (Å²) >= 11 is 0. The molecule has 2 aromatic rings. The van der Waals surface area contributed by atoms with E-state index in [1.165, 1.54) is 0 Å². The monoisotopic (exact) mass is 284 g/mol. The molecule has 2 rings (SSSR count). The van der Waals surface area contributed by atoms with Gasteiger partial charge in [-0.2, -0.15) is 0 Å². The Hall–Kier alpha value is -2.49. The fourth-order valence-corrected chi connectivity index (χ4v) is 1.97. The number of carbonyl (C=O) groups excluding carboxylic acids is 1. The number of hydrogen-bond acceptors (Lipinski definition) is 3. The smallest absolute Gasteiger partial charge is 0.257 e. The van der Waals surface area contributed by atoms with E-state index < -0.39 is 0 Å². The number of rotatable bonds is 6. The van der Waals surface area contributed by atoms with E-state index in [0.717, 1.165) is 30.1 Å². The van der Waals surface area contributed by atoms with Gasteiger partial charge in [0.2, 0.25) is 0 Å². The van der Waals surface area contributed by atoms with Gasteiger partial charge < -0.3 is 15.4 Å². The van der Waals surface area contributed by atoms with Gasteiger partial charge in [0.15, 0.2) is 0 Å². The number of para-hydroxylation sites is 1. The van der Waals surface area contributed by atoms with Gasteiger partial charge in [-0.1, -0.05) is 19.1 Å². The van der Waals surface area contributed by atoms with Crippen LogP contribution in [-0.4, -0.2) is 19.6 Å². The highest BCUT2D eigenvalue weighted by atomic mass is 16.5. The van der Waals surface area contributed by atoms with E-state index in [2.05, 4.69) is 17.6 Å². The molecule has 0 radical (unpaired) electrons. The van der Waals surface area contributed by atoms with Crippen LogP contribution in [0.2, 0.25) is 0 Å². The number of methoxy groups -OCH3 is 1. The van der Waals surface area contributed by atoms with Gasteiger partial charge in [-0.3, -0.25) is 4.79 Å². The zero-order valence-electron chi connectivity index (χ0n) is 12.3. The Balaban J connectivity index is 2.12. The molecule has 0 bridgehead atoms. The topological polar surface area (TPSA) is 50.4 Å². The van der Waals surface area contributed by atoms with Crippen LogP contribution < -0.4 is 15.4 Å². The predicted octanol–water partition coefficient (Wildman–Crippen LogP) is 3.77. The van der Waals surface area contributed by atoms with Crippen molar-refractivity contribution in [2.45, 2.75) is 13.3 Å². The van der Waals surface area contributed by atoms with Gasteiger partial charge in [0.1, 0.15) is 5.75 Å². The molecule has 4 heteroatoms. The Morgan fingerprint density at radius 1 is 1.10 bits per heavy atom. The second-order valence-electron chi connectivity index (χ2n) is 4.65. The number of ether oxygens (including phenoxy) is 1. The molecule has 2 aromatic carbocycles. The second-order valence-corrected chi connectivity index (χ2v) is 4.65. The molecule has 4 nitrogen and oxygen atoms in total. The maximum absolute atomic E-state index is 12.4. The lowest BCUT2D eigenvalue weighted by atomic mass is 10.1. The van der Waals surface area contributed by atoms with Crippen LogP contribution in [0.25, 0.3) is 0 Å². The highest BCUT2D eigenvalue weighted by molar-refractivity contribution is 6.08. The summed E-state index contributed by atoms with van der Waals surface area (Å²) in [6.45, 7) is 2.93. The number of amides is 1. The first-order chi connectivity index (χ1) is 10.2. The van der Waals surface area contributed by atoms with Crippen LogP contribution in [0.5, 0.6) is 5.75 Å². The third-order valence-corrected chi connectivity index (χ3v) is 3.09. The van der Waals surface area contributed by atoms with Crippen molar-refractivity contribution in [2.75, 3.05) is 24.3 Å². The van der Waals surface area contributed by atoms with Crippen molar-refractivity contribution in [3.8, 4) is 5.75 Å². The molecule has 0 saturated carbocycles. The Morgan fingerprint density at radius 3 is 2.48 bits per heavy atom. The van der Waals surface area contributed by atoms with Gasteiger partial charge in [0.05, 0.1) is 12.7 Å². The molecule has 2 N–H and O–H groups in total. The zero-order chi connectivity index (χ0) is 15.1. The molecule has 1 amide bonds. The summed E-state index contributed by atoms with van der Waals surface area (Å²) in [5, 5.41) is 6.16. The first-order valence-corrected chi connectivity index (χ1v) is 7.03. The number of nitrogens with one attached hydrogen (secondary N) is 2. The van der Waals surface area contributed by atoms with E-state index in [1.807, 2.05) is 48.5 Å². The number of carbonyl (C=O) groups is 1. The highest BCUT2D eigenvalue weighted by Gasteiger charge is 2.10. The molecule has 110 valence electrons. The Bertz CT molecular complexity index is 594. The summed E-state index contributed by atoms with van der Waals surface area (Å²) in [4.78, 5) is 12.4. The lowest BCUT2D eigenvalue weighted by Gasteiger charge is -2.12. The molecule has 0 aliphatic rings. The first-order valence-electron chi connectivity index (χ1n) is 7.03. The van der Waals surface area contributed by atoms with E-state index in [4.69, 9.17) is 4.74 Å². The highest BCUT2D eigenvalue weighted by Crippen LogP contribution is 2.19. The van der Waals surface area contributed by atoms with Gasteiger partial charge in [-0.25, -0.2) is 0 Å². The summed E-state index contributed by atoms with van der Waals surface area (Å²) in [5.74, 6) is 0.636. The van der Waals surface area contributed by atoms with Crippen LogP contribution in [0.4, 0.5) is 11.4 Å². The molecule has 0 saturated heterocycles. The molecule has 0 atom stereocenters. The molecule has 0 aliphatic carbocycles. The average Bonchev–Trinajstić information content (AvgIpc) is 2.54. The molecule has 0 spiro atoms. The van der Waals surface area contributed by atoms with Gasteiger partial charge in [0, 0.05) is 17.9 Å². The van der Waals surface area contributed by atoms with E-state index in [-0.39, 0.29) is 5.91 Å². The zero-order valence-corrected chi connectivity index (χ0v) is 12.3. The Morgan fingerprint density at radius 2 is 1.81 bits per heavy atom. The Kier molecular flexibility index (Phi) is 5.21. The molecule has 0 aliphatic heterocycles. The van der Waals surface area contributed by atoms with Gasteiger partial charge in [-0.05, 0) is 42.8 Å². The Labute approximate surface area is 125 Å². The van der Waals surface area contributed by atoms with Gasteiger partial charge >= 0.3 is 0 Å². The van der Waals surface area contributed by atoms with Crippen LogP contribution in [0.1, 0.15) is 23.7 Å². The normalized spacial score (nSPS) is 10.0. The van der Waals surface area contributed by atoms with Crippen molar-refractivity contribution in [1.29, 1.82) is 0 Å². The summed E-state index contributed by atoms with van der Waals surface area (Å²) in [5.41, 5.74) is 2.23. The predicted molar refractivity (Wildman–Crippen MR) is 86.2 cm³/mol. The molecule has 21 heavy (non-hydrogen) atoms. The lowest BCUT2D eigenvalue weighted by molar-refractivity contribution is 0.102. The van der Waals surface area contributed by atoms with E-state index >= 15 is 0 Å². The number of anilines is 2. The third-order valence-electron chi connectivity index (χ3n) is 3.09. The van der Waals surface area contributed by atoms with Crippen molar-refractivity contribution < 1.29 is 9.53 Å². The third kappa shape index (κ3) is 3.99. The van der Waals surface area contributed by atoms with Crippen molar-refractivity contribution in [3.63, 3.8) is 0 Å². The standard InChI is InChI=1S/C17H20N2O2/c1-3-12-18-16-7-5-4-6-15(16)17(20)19-13-8-10-14(21-2)11-9-13/h4-11,18H,3,12H2,1-2H3,(H,19,20). The lowest BCUT2D eigenvalue weighted by Crippen LogP contribution is -2.15. The quantitative estimate of drug-likeness (QED) is 0.849. The first kappa shape index (κ1) is 14.9. The van der Waals surface area contributed by atoms with Gasteiger partial charge in [0.25, 0.3) is 5.91 Å². The fraction of sp³-hybridized carbons (Fsp3) is 0.235. The largest absolute Gasteiger partial charge is 0.497 e. The molecule has 0 heterocycles. The van der Waals surface area contributed by atoms with Crippen molar-refractivity contribution >= 4 is 17.3 Å². The van der Waals surface area contributed by atoms with Crippen LogP contribution in [0.3, 0.4) is 0 Å². The number of hydrogen-bond donors (Lipinski definition) is 2. The summed E-state index contributed by atoms with van der Waals surface area (Å²) < 4.78 is 5.10. The van der Waals surface area contributed by atoms with Gasteiger partial charge in [-0.15, -0.1) is 0 Å². The number of benzene rings is 2. The van der Waals surface area contributed by atoms with E-state index in [0.29, 0.717) is 5.56 Å². The molecule has 0 unspecified atom stereocenters. The van der Waals surface area contributed by atoms with Crippen LogP contribution >= 0.6 is 0 Å². The SMILES string of the molecule is CCCNc1ccccc1C(=O)Nc1ccc(OC)cc1. The van der Waals surface area contributed by atoms with E-state index in [1.54, 1.807) is 7.11 Å². The van der Waals surface area contributed by atoms with Crippen LogP contribution in [0.15, 0.2) is 48.5 Å². The second kappa shape index (κ2) is 7.33. The maximum Gasteiger partial charge on any atom is 0.257 e. The van der Waals surface area contributed by atoms with Crippen molar-refractivity contribution in [2.24, 2.45) is 0 Å². The molecular weight excluding hydrogens is 264 g/mol. The fourth-order valence-electron chi connectivity index (χ4n) is 1.97. The minimum absolute atomic E-state index is 0.126. The summed E-state index contributed by atoms with van der Waals surface area (Å²) in [6.07, 6.45) is 1.01. The minimum atomic E-state index is -0.126. The van der Waals surface area contributed by atoms with Crippen LogP contribution in [-0.2, 0) is 0 Å².